The van der Waals surface area contributed by atoms with E-state index >= 15 is 0 Å². The van der Waals surface area contributed by atoms with Gasteiger partial charge in [0.05, 0.1) is 24.4 Å². The number of carbonyl (C=O) groups excluding carboxylic acids is 2. The standard InChI is InChI=1S/C20H14BrF3N2O5/c1-29-18(27)15-16(11-8-9-13(21)14(10-11)31-20(22,23)24)25-26(17(15)19(28)30-2)12-6-4-3-5-7-12/h3-10H,1-2H3. The second-order valence-corrected chi connectivity index (χ2v) is 6.85. The summed E-state index contributed by atoms with van der Waals surface area (Å²) in [6.07, 6.45) is -4.94. The van der Waals surface area contributed by atoms with Crippen LogP contribution in [-0.4, -0.2) is 42.3 Å². The van der Waals surface area contributed by atoms with Gasteiger partial charge in [-0.1, -0.05) is 24.3 Å². The summed E-state index contributed by atoms with van der Waals surface area (Å²) in [7, 11) is 2.23. The number of benzene rings is 2. The van der Waals surface area contributed by atoms with Crippen molar-refractivity contribution in [3.63, 3.8) is 0 Å². The van der Waals surface area contributed by atoms with Gasteiger partial charge in [-0.3, -0.25) is 0 Å². The second kappa shape index (κ2) is 8.80. The van der Waals surface area contributed by atoms with Gasteiger partial charge in [0.25, 0.3) is 0 Å². The van der Waals surface area contributed by atoms with Crippen LogP contribution in [0.4, 0.5) is 13.2 Å². The minimum absolute atomic E-state index is 0.0314. The maximum absolute atomic E-state index is 12.8. The van der Waals surface area contributed by atoms with Gasteiger partial charge in [0.15, 0.2) is 5.69 Å². The molecule has 0 aliphatic carbocycles. The molecule has 2 aromatic carbocycles. The predicted molar refractivity (Wildman–Crippen MR) is 106 cm³/mol. The number of halogens is 4. The third kappa shape index (κ3) is 4.71. The van der Waals surface area contributed by atoms with Gasteiger partial charge in [0.2, 0.25) is 0 Å². The molecule has 0 aliphatic rings. The lowest BCUT2D eigenvalue weighted by Gasteiger charge is -2.11. The molecule has 0 bridgehead atoms. The highest BCUT2D eigenvalue weighted by Crippen LogP contribution is 2.36. The molecule has 11 heteroatoms. The zero-order valence-corrected chi connectivity index (χ0v) is 17.7. The van der Waals surface area contributed by atoms with Crippen LogP contribution in [0.25, 0.3) is 16.9 Å². The van der Waals surface area contributed by atoms with Crippen LogP contribution in [0.1, 0.15) is 20.8 Å². The van der Waals surface area contributed by atoms with Gasteiger partial charge in [-0.15, -0.1) is 13.2 Å². The molecule has 0 saturated carbocycles. The van der Waals surface area contributed by atoms with E-state index in [2.05, 4.69) is 25.8 Å². The topological polar surface area (TPSA) is 79.7 Å². The SMILES string of the molecule is COC(=O)c1c(-c2ccc(Br)c(OC(F)(F)F)c2)nn(-c2ccccc2)c1C(=O)OC. The number of hydrogen-bond donors (Lipinski definition) is 0. The molecule has 0 N–H and O–H groups in total. The molecule has 7 nitrogen and oxygen atoms in total. The van der Waals surface area contributed by atoms with Gasteiger partial charge in [-0.05, 0) is 40.2 Å². The second-order valence-electron chi connectivity index (χ2n) is 6.00. The zero-order chi connectivity index (χ0) is 22.8. The van der Waals surface area contributed by atoms with E-state index in [-0.39, 0.29) is 27.0 Å². The molecule has 0 unspecified atom stereocenters. The number of hydrogen-bond acceptors (Lipinski definition) is 6. The van der Waals surface area contributed by atoms with Gasteiger partial charge in [0, 0.05) is 5.56 Å². The Bertz CT molecular complexity index is 1130. The van der Waals surface area contributed by atoms with Crippen molar-refractivity contribution in [1.82, 2.24) is 9.78 Å². The number of nitrogens with zero attached hydrogens (tertiary/aromatic N) is 2. The Kier molecular flexibility index (Phi) is 6.34. The maximum atomic E-state index is 12.8. The van der Waals surface area contributed by atoms with Crippen LogP contribution in [0, 0.1) is 0 Å². The Morgan fingerprint density at radius 2 is 1.65 bits per heavy atom. The van der Waals surface area contributed by atoms with Crippen LogP contribution in [0.2, 0.25) is 0 Å². The molecule has 1 aromatic heterocycles. The highest BCUT2D eigenvalue weighted by molar-refractivity contribution is 9.10. The highest BCUT2D eigenvalue weighted by Gasteiger charge is 2.34. The van der Waals surface area contributed by atoms with Gasteiger partial charge in [-0.2, -0.15) is 5.10 Å². The van der Waals surface area contributed by atoms with Crippen molar-refractivity contribution >= 4 is 27.9 Å². The molecule has 0 amide bonds. The van der Waals surface area contributed by atoms with Crippen molar-refractivity contribution in [2.24, 2.45) is 0 Å². The van der Waals surface area contributed by atoms with E-state index < -0.39 is 24.1 Å². The minimum Gasteiger partial charge on any atom is -0.465 e. The number of alkyl halides is 3. The Hall–Kier alpha value is -3.34. The van der Waals surface area contributed by atoms with Crippen molar-refractivity contribution in [3.05, 3.63) is 64.3 Å². The van der Waals surface area contributed by atoms with E-state index in [0.29, 0.717) is 5.69 Å². The van der Waals surface area contributed by atoms with E-state index in [1.165, 1.54) is 16.8 Å². The first kappa shape index (κ1) is 22.3. The van der Waals surface area contributed by atoms with E-state index in [4.69, 9.17) is 9.47 Å². The minimum atomic E-state index is -4.94. The summed E-state index contributed by atoms with van der Waals surface area (Å²) in [4.78, 5) is 25.1. The van der Waals surface area contributed by atoms with E-state index in [9.17, 15) is 22.8 Å². The number of ether oxygens (including phenoxy) is 3. The summed E-state index contributed by atoms with van der Waals surface area (Å²) >= 11 is 2.99. The molecule has 0 saturated heterocycles. The summed E-state index contributed by atoms with van der Waals surface area (Å²) in [5.41, 5.74) is -0.0864. The largest absolute Gasteiger partial charge is 0.573 e. The Morgan fingerprint density at radius 3 is 2.23 bits per heavy atom. The van der Waals surface area contributed by atoms with Crippen LogP contribution >= 0.6 is 15.9 Å². The van der Waals surface area contributed by atoms with Crippen LogP contribution in [0.5, 0.6) is 5.75 Å². The molecular weight excluding hydrogens is 485 g/mol. The fraction of sp³-hybridized carbons (Fsp3) is 0.150. The third-order valence-corrected chi connectivity index (χ3v) is 4.74. The summed E-state index contributed by atoms with van der Waals surface area (Å²) in [6, 6.07) is 12.1. The average Bonchev–Trinajstić information content (AvgIpc) is 3.14. The number of esters is 2. The smallest absolute Gasteiger partial charge is 0.465 e. The van der Waals surface area contributed by atoms with Crippen molar-refractivity contribution in [3.8, 4) is 22.7 Å². The number of rotatable bonds is 5. The lowest BCUT2D eigenvalue weighted by Crippen LogP contribution is -2.17. The quantitative estimate of drug-likeness (QED) is 0.471. The summed E-state index contributed by atoms with van der Waals surface area (Å²) in [5, 5.41) is 4.32. The summed E-state index contributed by atoms with van der Waals surface area (Å²) in [6.45, 7) is 0. The average molecular weight is 499 g/mol. The van der Waals surface area contributed by atoms with Crippen molar-refractivity contribution in [2.75, 3.05) is 14.2 Å². The fourth-order valence-electron chi connectivity index (χ4n) is 2.81. The first-order chi connectivity index (χ1) is 14.7. The van der Waals surface area contributed by atoms with Crippen LogP contribution in [0.15, 0.2) is 53.0 Å². The van der Waals surface area contributed by atoms with Gasteiger partial charge >= 0.3 is 18.3 Å². The zero-order valence-electron chi connectivity index (χ0n) is 16.1. The van der Waals surface area contributed by atoms with Crippen molar-refractivity contribution in [2.45, 2.75) is 6.36 Å². The normalized spacial score (nSPS) is 11.2. The fourth-order valence-corrected chi connectivity index (χ4v) is 3.14. The number of methoxy groups -OCH3 is 2. The molecule has 0 aliphatic heterocycles. The maximum Gasteiger partial charge on any atom is 0.573 e. The third-order valence-electron chi connectivity index (χ3n) is 4.08. The first-order valence-electron chi connectivity index (χ1n) is 8.57. The molecule has 162 valence electrons. The lowest BCUT2D eigenvalue weighted by molar-refractivity contribution is -0.274. The molecule has 0 fully saturated rings. The molecule has 31 heavy (non-hydrogen) atoms. The number of aromatic nitrogens is 2. The molecule has 0 radical (unpaired) electrons. The Balaban J connectivity index is 2.30. The molecule has 3 rings (SSSR count). The Morgan fingerprint density at radius 1 is 1.00 bits per heavy atom. The van der Waals surface area contributed by atoms with Gasteiger partial charge in [-0.25, -0.2) is 14.3 Å². The lowest BCUT2D eigenvalue weighted by atomic mass is 10.1. The predicted octanol–water partition coefficient (Wildman–Crippen LogP) is 4.77. The molecule has 0 atom stereocenters. The molecule has 1 heterocycles. The van der Waals surface area contributed by atoms with Crippen LogP contribution in [0.3, 0.4) is 0 Å². The van der Waals surface area contributed by atoms with E-state index in [1.807, 2.05) is 0 Å². The van der Waals surface area contributed by atoms with Crippen molar-refractivity contribution < 1.29 is 37.0 Å². The molecule has 0 spiro atoms. The van der Waals surface area contributed by atoms with E-state index in [0.717, 1.165) is 20.3 Å². The molecule has 3 aromatic rings. The first-order valence-corrected chi connectivity index (χ1v) is 9.36. The highest BCUT2D eigenvalue weighted by atomic mass is 79.9. The molecular formula is C20H14BrF3N2O5. The Labute approximate surface area is 182 Å². The summed E-state index contributed by atoms with van der Waals surface area (Å²) < 4.78 is 53.1. The monoisotopic (exact) mass is 498 g/mol. The number of carbonyl (C=O) groups is 2. The van der Waals surface area contributed by atoms with Crippen molar-refractivity contribution in [1.29, 1.82) is 0 Å². The van der Waals surface area contributed by atoms with Gasteiger partial charge < -0.3 is 14.2 Å². The summed E-state index contributed by atoms with van der Waals surface area (Å²) in [5.74, 6) is -2.35. The van der Waals surface area contributed by atoms with Crippen LogP contribution in [-0.2, 0) is 9.47 Å². The number of para-hydroxylation sites is 1. The van der Waals surface area contributed by atoms with Gasteiger partial charge in [0.1, 0.15) is 17.0 Å². The van der Waals surface area contributed by atoms with E-state index in [1.54, 1.807) is 30.3 Å². The van der Waals surface area contributed by atoms with Crippen LogP contribution < -0.4 is 4.74 Å².